The van der Waals surface area contributed by atoms with Gasteiger partial charge in [0.2, 0.25) is 0 Å². The first-order chi connectivity index (χ1) is 10.6. The lowest BCUT2D eigenvalue weighted by molar-refractivity contribution is 0.102. The third-order valence-electron chi connectivity index (χ3n) is 2.72. The quantitative estimate of drug-likeness (QED) is 0.699. The molecular weight excluding hydrogens is 336 g/mol. The van der Waals surface area contributed by atoms with Crippen LogP contribution in [0.3, 0.4) is 0 Å². The van der Waals surface area contributed by atoms with Crippen LogP contribution in [-0.4, -0.2) is 15.9 Å². The molecule has 0 bridgehead atoms. The van der Waals surface area contributed by atoms with Crippen LogP contribution in [0, 0.1) is 6.92 Å². The van der Waals surface area contributed by atoms with Crippen molar-refractivity contribution in [2.45, 2.75) is 16.2 Å². The van der Waals surface area contributed by atoms with E-state index in [1.165, 1.54) is 23.1 Å². The van der Waals surface area contributed by atoms with Crippen molar-refractivity contribution in [1.29, 1.82) is 0 Å². The monoisotopic (exact) mass is 348 g/mol. The molecule has 5 nitrogen and oxygen atoms in total. The number of benzene rings is 1. The summed E-state index contributed by atoms with van der Waals surface area (Å²) in [6.45, 7) is 1.88. The van der Waals surface area contributed by atoms with Crippen LogP contribution in [0.2, 0.25) is 0 Å². The number of aromatic nitrogens is 2. The van der Waals surface area contributed by atoms with Gasteiger partial charge in [-0.2, -0.15) is 0 Å². The first-order valence-corrected chi connectivity index (χ1v) is 8.90. The molecule has 1 amide bonds. The van der Waals surface area contributed by atoms with Gasteiger partial charge in [-0.25, -0.2) is 9.97 Å². The van der Waals surface area contributed by atoms with E-state index in [4.69, 9.17) is 5.73 Å². The second-order valence-electron chi connectivity index (χ2n) is 4.40. The highest BCUT2D eigenvalue weighted by Gasteiger charge is 2.13. The van der Waals surface area contributed by atoms with Crippen molar-refractivity contribution in [2.24, 2.45) is 0 Å². The van der Waals surface area contributed by atoms with Gasteiger partial charge in [0, 0.05) is 27.5 Å². The van der Waals surface area contributed by atoms with Gasteiger partial charge in [-0.15, -0.1) is 22.7 Å². The van der Waals surface area contributed by atoms with Gasteiger partial charge in [-0.05, 0) is 25.1 Å². The van der Waals surface area contributed by atoms with Crippen LogP contribution in [0.1, 0.15) is 16.1 Å². The van der Waals surface area contributed by atoms with Crippen molar-refractivity contribution in [3.8, 4) is 0 Å². The molecule has 1 aromatic carbocycles. The van der Waals surface area contributed by atoms with Gasteiger partial charge >= 0.3 is 0 Å². The normalized spacial score (nSPS) is 10.6. The fourth-order valence-electron chi connectivity index (χ4n) is 1.73. The molecule has 3 aromatic rings. The molecule has 2 heterocycles. The van der Waals surface area contributed by atoms with Crippen LogP contribution in [0.15, 0.2) is 44.4 Å². The maximum Gasteiger partial charge on any atom is 0.259 e. The number of rotatable bonds is 4. The van der Waals surface area contributed by atoms with Crippen molar-refractivity contribution >= 4 is 51.2 Å². The van der Waals surface area contributed by atoms with E-state index >= 15 is 0 Å². The Morgan fingerprint density at radius 1 is 1.36 bits per heavy atom. The molecule has 22 heavy (non-hydrogen) atoms. The smallest absolute Gasteiger partial charge is 0.259 e. The standard InChI is InChI=1S/C14H12N4OS3/c1-8-7-21-13(17-8)18-12(19)10-6-9(2-3-11(10)15)22-14-16-4-5-20-14/h2-7H,15H2,1H3,(H,17,18,19). The summed E-state index contributed by atoms with van der Waals surface area (Å²) in [4.78, 5) is 21.7. The number of carbonyl (C=O) groups is 1. The fourth-order valence-corrected chi connectivity index (χ4v) is 4.05. The lowest BCUT2D eigenvalue weighted by Gasteiger charge is -2.07. The number of amides is 1. The van der Waals surface area contributed by atoms with E-state index in [0.717, 1.165) is 14.9 Å². The SMILES string of the molecule is Cc1csc(NC(=O)c2cc(Sc3nccs3)ccc2N)n1. The highest BCUT2D eigenvalue weighted by atomic mass is 32.2. The van der Waals surface area contributed by atoms with Crippen LogP contribution in [-0.2, 0) is 0 Å². The molecule has 0 unspecified atom stereocenters. The minimum atomic E-state index is -0.256. The summed E-state index contributed by atoms with van der Waals surface area (Å²) >= 11 is 4.45. The number of carbonyl (C=O) groups excluding carboxylic acids is 1. The summed E-state index contributed by atoms with van der Waals surface area (Å²) in [7, 11) is 0. The van der Waals surface area contributed by atoms with Gasteiger partial charge in [-0.3, -0.25) is 10.1 Å². The van der Waals surface area contributed by atoms with Crippen molar-refractivity contribution in [3.05, 3.63) is 46.4 Å². The Hall–Kier alpha value is -1.90. The molecule has 0 radical (unpaired) electrons. The Labute approximate surface area is 139 Å². The highest BCUT2D eigenvalue weighted by Crippen LogP contribution is 2.31. The number of nitrogens with one attached hydrogen (secondary N) is 1. The molecule has 0 spiro atoms. The predicted molar refractivity (Wildman–Crippen MR) is 91.9 cm³/mol. The van der Waals surface area contributed by atoms with Crippen LogP contribution in [0.5, 0.6) is 0 Å². The number of thiazole rings is 2. The highest BCUT2D eigenvalue weighted by molar-refractivity contribution is 8.01. The Morgan fingerprint density at radius 3 is 2.91 bits per heavy atom. The average molecular weight is 348 g/mol. The third kappa shape index (κ3) is 3.46. The molecule has 3 N–H and O–H groups in total. The molecule has 2 aromatic heterocycles. The largest absolute Gasteiger partial charge is 0.398 e. The number of hydrogen-bond acceptors (Lipinski definition) is 7. The van der Waals surface area contributed by atoms with Gasteiger partial charge in [0.05, 0.1) is 11.3 Å². The minimum Gasteiger partial charge on any atom is -0.398 e. The number of nitrogen functional groups attached to an aromatic ring is 1. The summed E-state index contributed by atoms with van der Waals surface area (Å²) in [5, 5.41) is 7.14. The number of nitrogens with zero attached hydrogens (tertiary/aromatic N) is 2. The summed E-state index contributed by atoms with van der Waals surface area (Å²) < 4.78 is 0.923. The van der Waals surface area contributed by atoms with E-state index in [1.54, 1.807) is 29.7 Å². The molecule has 0 saturated heterocycles. The first kappa shape index (κ1) is 15.0. The predicted octanol–water partition coefficient (Wildman–Crippen LogP) is 3.89. The van der Waals surface area contributed by atoms with Crippen LogP contribution >= 0.6 is 34.4 Å². The zero-order chi connectivity index (χ0) is 15.5. The van der Waals surface area contributed by atoms with Crippen LogP contribution in [0.25, 0.3) is 0 Å². The summed E-state index contributed by atoms with van der Waals surface area (Å²) in [6, 6.07) is 5.39. The molecule has 0 aliphatic heterocycles. The molecule has 0 fully saturated rings. The molecule has 0 atom stereocenters. The number of aryl methyl sites for hydroxylation is 1. The van der Waals surface area contributed by atoms with E-state index in [0.29, 0.717) is 16.4 Å². The second-order valence-corrected chi connectivity index (χ2v) is 7.47. The lowest BCUT2D eigenvalue weighted by atomic mass is 10.1. The average Bonchev–Trinajstić information content (AvgIpc) is 3.13. The summed E-state index contributed by atoms with van der Waals surface area (Å²) in [6.07, 6.45) is 1.75. The van der Waals surface area contributed by atoms with Crippen LogP contribution < -0.4 is 11.1 Å². The van der Waals surface area contributed by atoms with Gasteiger partial charge in [0.25, 0.3) is 5.91 Å². The van der Waals surface area contributed by atoms with Gasteiger partial charge in [0.15, 0.2) is 9.47 Å². The van der Waals surface area contributed by atoms with Gasteiger partial charge in [-0.1, -0.05) is 11.8 Å². The van der Waals surface area contributed by atoms with E-state index in [2.05, 4.69) is 15.3 Å². The molecular formula is C14H12N4OS3. The van der Waals surface area contributed by atoms with Crippen LogP contribution in [0.4, 0.5) is 10.8 Å². The Morgan fingerprint density at radius 2 is 2.23 bits per heavy atom. The molecule has 112 valence electrons. The minimum absolute atomic E-state index is 0.256. The topological polar surface area (TPSA) is 80.9 Å². The van der Waals surface area contributed by atoms with Crippen molar-refractivity contribution < 1.29 is 4.79 Å². The van der Waals surface area contributed by atoms with E-state index < -0.39 is 0 Å². The lowest BCUT2D eigenvalue weighted by Crippen LogP contribution is -2.14. The zero-order valence-electron chi connectivity index (χ0n) is 11.6. The molecule has 0 saturated carbocycles. The zero-order valence-corrected chi connectivity index (χ0v) is 14.0. The Kier molecular flexibility index (Phi) is 4.41. The molecule has 8 heteroatoms. The number of anilines is 2. The molecule has 0 aliphatic carbocycles. The van der Waals surface area contributed by atoms with Gasteiger partial charge < -0.3 is 5.73 Å². The first-order valence-electron chi connectivity index (χ1n) is 6.32. The maximum atomic E-state index is 12.4. The molecule has 0 aliphatic rings. The Balaban J connectivity index is 1.81. The van der Waals surface area contributed by atoms with E-state index in [-0.39, 0.29) is 5.91 Å². The van der Waals surface area contributed by atoms with E-state index in [1.807, 2.05) is 23.8 Å². The van der Waals surface area contributed by atoms with Crippen molar-refractivity contribution in [1.82, 2.24) is 9.97 Å². The van der Waals surface area contributed by atoms with Crippen molar-refractivity contribution in [3.63, 3.8) is 0 Å². The van der Waals surface area contributed by atoms with Gasteiger partial charge in [0.1, 0.15) is 0 Å². The second kappa shape index (κ2) is 6.47. The van der Waals surface area contributed by atoms with E-state index in [9.17, 15) is 4.79 Å². The number of nitrogens with two attached hydrogens (primary N) is 1. The summed E-state index contributed by atoms with van der Waals surface area (Å²) in [5.74, 6) is -0.256. The van der Waals surface area contributed by atoms with Crippen molar-refractivity contribution in [2.75, 3.05) is 11.1 Å². The summed E-state index contributed by atoms with van der Waals surface area (Å²) in [5.41, 5.74) is 7.68. The fraction of sp³-hybridized carbons (Fsp3) is 0.0714. The maximum absolute atomic E-state index is 12.4. The Bertz CT molecular complexity index is 798. The molecule has 3 rings (SSSR count). The third-order valence-corrected chi connectivity index (χ3v) is 5.47. The number of hydrogen-bond donors (Lipinski definition) is 2.